The summed E-state index contributed by atoms with van der Waals surface area (Å²) in [4.78, 5) is 16.0. The maximum atomic E-state index is 13.7. The highest BCUT2D eigenvalue weighted by Crippen LogP contribution is 2.33. The topological polar surface area (TPSA) is 97.9 Å². The van der Waals surface area contributed by atoms with Crippen molar-refractivity contribution < 1.29 is 22.6 Å². The standard InChI is InChI=1S/C26H24N2O6S/c1-17-4-3-5-19-13-20(26(29)27-25(17)19)15-28(14-18-6-11-23-24(12-18)34-16-33-23)35(30,31)22-9-7-21(32-2)8-10-22/h3-13H,14-16H2,1-2H3,(H,27,29). The Hall–Kier alpha value is -3.82. The Balaban J connectivity index is 1.56. The molecule has 0 radical (unpaired) electrons. The van der Waals surface area contributed by atoms with Gasteiger partial charge in [0.25, 0.3) is 5.56 Å². The predicted octanol–water partition coefficient (Wildman–Crippen LogP) is 3.96. The molecule has 0 unspecified atom stereocenters. The summed E-state index contributed by atoms with van der Waals surface area (Å²) in [7, 11) is -2.44. The number of hydrogen-bond acceptors (Lipinski definition) is 6. The summed E-state index contributed by atoms with van der Waals surface area (Å²) in [5.74, 6) is 1.72. The van der Waals surface area contributed by atoms with Gasteiger partial charge in [-0.3, -0.25) is 4.79 Å². The van der Waals surface area contributed by atoms with Crippen molar-refractivity contribution in [2.75, 3.05) is 13.9 Å². The Bertz CT molecular complexity index is 1560. The molecule has 180 valence electrons. The lowest BCUT2D eigenvalue weighted by molar-refractivity contribution is 0.174. The molecule has 0 saturated carbocycles. The Morgan fingerprint density at radius 3 is 2.51 bits per heavy atom. The van der Waals surface area contributed by atoms with Crippen LogP contribution in [0.5, 0.6) is 17.2 Å². The van der Waals surface area contributed by atoms with E-state index in [0.717, 1.165) is 16.5 Å². The lowest BCUT2D eigenvalue weighted by atomic mass is 10.1. The number of benzene rings is 3. The first kappa shape index (κ1) is 22.9. The maximum Gasteiger partial charge on any atom is 0.252 e. The summed E-state index contributed by atoms with van der Waals surface area (Å²) in [6.45, 7) is 1.97. The van der Waals surface area contributed by atoms with Gasteiger partial charge in [-0.1, -0.05) is 24.3 Å². The van der Waals surface area contributed by atoms with Crippen molar-refractivity contribution in [3.63, 3.8) is 0 Å². The molecule has 8 nitrogen and oxygen atoms in total. The van der Waals surface area contributed by atoms with Gasteiger partial charge in [-0.25, -0.2) is 8.42 Å². The molecule has 1 N–H and O–H groups in total. The van der Waals surface area contributed by atoms with Gasteiger partial charge in [-0.15, -0.1) is 0 Å². The van der Waals surface area contributed by atoms with Crippen molar-refractivity contribution in [2.24, 2.45) is 0 Å². The minimum absolute atomic E-state index is 0.0380. The van der Waals surface area contributed by atoms with E-state index >= 15 is 0 Å². The molecular weight excluding hydrogens is 468 g/mol. The highest BCUT2D eigenvalue weighted by Gasteiger charge is 2.27. The molecule has 35 heavy (non-hydrogen) atoms. The van der Waals surface area contributed by atoms with Gasteiger partial charge in [-0.2, -0.15) is 4.31 Å². The average molecular weight is 493 g/mol. The lowest BCUT2D eigenvalue weighted by Crippen LogP contribution is -2.32. The average Bonchev–Trinajstić information content (AvgIpc) is 3.33. The minimum atomic E-state index is -3.96. The fourth-order valence-corrected chi connectivity index (χ4v) is 5.51. The molecule has 3 aromatic carbocycles. The molecular formula is C26H24N2O6S. The van der Waals surface area contributed by atoms with Crippen LogP contribution in [0, 0.1) is 6.92 Å². The number of nitrogens with zero attached hydrogens (tertiary/aromatic N) is 1. The van der Waals surface area contributed by atoms with E-state index in [1.807, 2.05) is 25.1 Å². The number of hydrogen-bond donors (Lipinski definition) is 1. The first-order valence-electron chi connectivity index (χ1n) is 11.0. The quantitative estimate of drug-likeness (QED) is 0.419. The number of methoxy groups -OCH3 is 1. The molecule has 9 heteroatoms. The number of nitrogens with one attached hydrogen (secondary N) is 1. The predicted molar refractivity (Wildman–Crippen MR) is 131 cm³/mol. The number of aryl methyl sites for hydroxylation is 1. The van der Waals surface area contributed by atoms with Crippen molar-refractivity contribution in [2.45, 2.75) is 24.9 Å². The number of sulfonamides is 1. The lowest BCUT2D eigenvalue weighted by Gasteiger charge is -2.23. The molecule has 1 aliphatic heterocycles. The summed E-state index contributed by atoms with van der Waals surface area (Å²) < 4.78 is 44.7. The molecule has 1 aromatic heterocycles. The van der Waals surface area contributed by atoms with Crippen molar-refractivity contribution >= 4 is 20.9 Å². The summed E-state index contributed by atoms with van der Waals surface area (Å²) in [5, 5.41) is 0.837. The van der Waals surface area contributed by atoms with Gasteiger partial charge in [0.2, 0.25) is 16.8 Å². The second-order valence-corrected chi connectivity index (χ2v) is 10.2. The second-order valence-electron chi connectivity index (χ2n) is 8.30. The summed E-state index contributed by atoms with van der Waals surface area (Å²) in [6, 6.07) is 18.9. The Kier molecular flexibility index (Phi) is 5.96. The number of para-hydroxylation sites is 1. The van der Waals surface area contributed by atoms with E-state index in [0.29, 0.717) is 28.4 Å². The fourth-order valence-electron chi connectivity index (χ4n) is 4.10. The highest BCUT2D eigenvalue weighted by molar-refractivity contribution is 7.89. The second kappa shape index (κ2) is 9.09. The van der Waals surface area contributed by atoms with E-state index in [2.05, 4.69) is 4.98 Å². The minimum Gasteiger partial charge on any atom is -0.497 e. The van der Waals surface area contributed by atoms with Gasteiger partial charge < -0.3 is 19.2 Å². The number of aromatic amines is 1. The number of ether oxygens (including phenoxy) is 3. The summed E-state index contributed by atoms with van der Waals surface area (Å²) in [6.07, 6.45) is 0. The summed E-state index contributed by atoms with van der Waals surface area (Å²) in [5.41, 5.74) is 2.41. The molecule has 0 atom stereocenters. The van der Waals surface area contributed by atoms with Crippen LogP contribution in [0.4, 0.5) is 0 Å². The van der Waals surface area contributed by atoms with Crippen LogP contribution in [0.2, 0.25) is 0 Å². The van der Waals surface area contributed by atoms with Crippen LogP contribution in [-0.2, 0) is 23.1 Å². The maximum absolute atomic E-state index is 13.7. The van der Waals surface area contributed by atoms with Gasteiger partial charge in [0.05, 0.1) is 17.5 Å². The van der Waals surface area contributed by atoms with E-state index in [1.165, 1.54) is 23.5 Å². The van der Waals surface area contributed by atoms with E-state index in [4.69, 9.17) is 14.2 Å². The SMILES string of the molecule is COc1ccc(S(=O)(=O)N(Cc2ccc3c(c2)OCO3)Cc2cc3cccc(C)c3[nH]c2=O)cc1. The third kappa shape index (κ3) is 4.48. The van der Waals surface area contributed by atoms with Gasteiger partial charge in [0.15, 0.2) is 11.5 Å². The Labute approximate surface area is 202 Å². The number of H-pyrrole nitrogens is 1. The zero-order valence-electron chi connectivity index (χ0n) is 19.3. The molecule has 0 fully saturated rings. The number of aromatic nitrogens is 1. The summed E-state index contributed by atoms with van der Waals surface area (Å²) >= 11 is 0. The third-order valence-corrected chi connectivity index (χ3v) is 7.81. The molecule has 1 aliphatic rings. The zero-order chi connectivity index (χ0) is 24.6. The van der Waals surface area contributed by atoms with Gasteiger partial charge in [-0.05, 0) is 65.9 Å². The molecule has 0 spiro atoms. The molecule has 5 rings (SSSR count). The Morgan fingerprint density at radius 1 is 0.971 bits per heavy atom. The van der Waals surface area contributed by atoms with Gasteiger partial charge >= 0.3 is 0 Å². The molecule has 0 bridgehead atoms. The van der Waals surface area contributed by atoms with E-state index < -0.39 is 10.0 Å². The van der Waals surface area contributed by atoms with Crippen LogP contribution in [0.25, 0.3) is 10.9 Å². The molecule has 2 heterocycles. The first-order chi connectivity index (χ1) is 16.8. The largest absolute Gasteiger partial charge is 0.497 e. The smallest absolute Gasteiger partial charge is 0.252 e. The van der Waals surface area contributed by atoms with E-state index in [9.17, 15) is 13.2 Å². The monoisotopic (exact) mass is 492 g/mol. The number of fused-ring (bicyclic) bond motifs is 2. The van der Waals surface area contributed by atoms with Crippen LogP contribution >= 0.6 is 0 Å². The van der Waals surface area contributed by atoms with E-state index in [-0.39, 0.29) is 30.3 Å². The van der Waals surface area contributed by atoms with Crippen molar-refractivity contribution in [1.82, 2.24) is 9.29 Å². The third-order valence-electron chi connectivity index (χ3n) is 6.00. The Morgan fingerprint density at radius 2 is 1.74 bits per heavy atom. The fraction of sp³-hybridized carbons (Fsp3) is 0.192. The zero-order valence-corrected chi connectivity index (χ0v) is 20.1. The van der Waals surface area contributed by atoms with E-state index in [1.54, 1.807) is 36.4 Å². The van der Waals surface area contributed by atoms with Gasteiger partial charge in [0, 0.05) is 18.7 Å². The normalized spacial score (nSPS) is 12.9. The molecule has 4 aromatic rings. The first-order valence-corrected chi connectivity index (χ1v) is 12.4. The van der Waals surface area contributed by atoms with Crippen molar-refractivity contribution in [1.29, 1.82) is 0 Å². The van der Waals surface area contributed by atoms with Crippen molar-refractivity contribution in [3.8, 4) is 17.2 Å². The molecule has 0 amide bonds. The van der Waals surface area contributed by atoms with Gasteiger partial charge in [0.1, 0.15) is 5.75 Å². The van der Waals surface area contributed by atoms with Crippen molar-refractivity contribution in [3.05, 3.63) is 93.8 Å². The molecule has 0 aliphatic carbocycles. The van der Waals surface area contributed by atoms with Crippen LogP contribution < -0.4 is 19.8 Å². The highest BCUT2D eigenvalue weighted by atomic mass is 32.2. The molecule has 0 saturated heterocycles. The van der Waals surface area contributed by atoms with Crippen LogP contribution in [-0.4, -0.2) is 31.6 Å². The van der Waals surface area contributed by atoms with Crippen LogP contribution in [0.3, 0.4) is 0 Å². The van der Waals surface area contributed by atoms with Crippen LogP contribution in [0.1, 0.15) is 16.7 Å². The number of pyridine rings is 1. The number of rotatable bonds is 7. The van der Waals surface area contributed by atoms with Crippen LogP contribution in [0.15, 0.2) is 76.4 Å².